The van der Waals surface area contributed by atoms with Crippen molar-refractivity contribution in [2.45, 2.75) is 6.92 Å². The summed E-state index contributed by atoms with van der Waals surface area (Å²) in [5.41, 5.74) is -0.331. The van der Waals surface area contributed by atoms with Gasteiger partial charge in [-0.3, -0.25) is 0 Å². The molecule has 0 saturated heterocycles. The Hall–Kier alpha value is -1.05. The minimum absolute atomic E-state index is 0.250. The van der Waals surface area contributed by atoms with Crippen LogP contribution < -0.4 is 5.46 Å². The summed E-state index contributed by atoms with van der Waals surface area (Å²) in [6.45, 7) is 1.93. The smallest absolute Gasteiger partial charge is 0.397 e. The number of hydrogen-bond acceptors (Lipinski definition) is 3. The Kier molecular flexibility index (Phi) is 7.70. The Balaban J connectivity index is 0.000000583. The molecule has 0 spiro atoms. The quantitative estimate of drug-likeness (QED) is 0.783. The van der Waals surface area contributed by atoms with E-state index in [1.54, 1.807) is 6.92 Å². The summed E-state index contributed by atoms with van der Waals surface area (Å²) in [5.74, 6) is -0.794. The molecule has 0 bridgehead atoms. The molecule has 0 atom stereocenters. The molecule has 7 heteroatoms. The van der Waals surface area contributed by atoms with Gasteiger partial charge in [-0.1, -0.05) is 27.3 Å². The van der Waals surface area contributed by atoms with Gasteiger partial charge in [0.25, 0.3) is 0 Å². The number of hydrogen-bond donors (Lipinski definition) is 1. The lowest BCUT2D eigenvalue weighted by Crippen LogP contribution is -2.34. The van der Waals surface area contributed by atoms with Crippen LogP contribution in [0, 0.1) is 5.82 Å². The van der Waals surface area contributed by atoms with Gasteiger partial charge in [0.15, 0.2) is 0 Å². The van der Waals surface area contributed by atoms with E-state index in [9.17, 15) is 13.4 Å². The Morgan fingerprint density at radius 1 is 1.27 bits per heavy atom. The highest BCUT2D eigenvalue weighted by atomic mass is 19.3. The summed E-state index contributed by atoms with van der Waals surface area (Å²) in [5, 5.41) is 7.57. The fraction of sp³-hybridized carbons (Fsp3) is 0.250. The van der Waals surface area contributed by atoms with Gasteiger partial charge < -0.3 is 5.11 Å². The van der Waals surface area contributed by atoms with E-state index in [1.165, 1.54) is 12.1 Å². The minimum atomic E-state index is -1.95. The van der Waals surface area contributed by atoms with E-state index in [4.69, 9.17) is 5.11 Å². The molecule has 0 radical (unpaired) electrons. The van der Waals surface area contributed by atoms with Crippen molar-refractivity contribution in [3.8, 4) is 0 Å². The average Bonchev–Trinajstić information content (AvgIpc) is 2.24. The molecule has 84 valence electrons. The molecule has 1 rings (SSSR count). The largest absolute Gasteiger partial charge is 0.571 e. The van der Waals surface area contributed by atoms with Crippen LogP contribution in [0.4, 0.5) is 13.4 Å². The van der Waals surface area contributed by atoms with Crippen molar-refractivity contribution in [1.29, 1.82) is 0 Å². The first kappa shape index (κ1) is 14.0. The summed E-state index contributed by atoms with van der Waals surface area (Å²) >= 11 is 0. The molecule has 0 fully saturated rings. The maximum Gasteiger partial charge on any atom is 0.571 e. The van der Waals surface area contributed by atoms with Crippen molar-refractivity contribution in [2.75, 3.05) is 6.61 Å². The molecule has 3 nitrogen and oxygen atoms in total. The first-order valence-electron chi connectivity index (χ1n) is 4.11. The second kappa shape index (κ2) is 8.28. The summed E-state index contributed by atoms with van der Waals surface area (Å²) in [6.07, 6.45) is 0. The number of aliphatic hydroxyl groups excluding tert-OH is 1. The van der Waals surface area contributed by atoms with Crippen LogP contribution in [-0.4, -0.2) is 18.8 Å². The van der Waals surface area contributed by atoms with Crippen LogP contribution >= 0.6 is 0 Å². The molecule has 1 N–H and O–H groups in total. The second-order valence-corrected chi connectivity index (χ2v) is 2.35. The number of rotatable bonds is 3. The zero-order valence-electron chi connectivity index (χ0n) is 7.99. The van der Waals surface area contributed by atoms with E-state index in [1.807, 2.05) is 0 Å². The Morgan fingerprint density at radius 2 is 1.73 bits per heavy atom. The first-order valence-corrected chi connectivity index (χ1v) is 4.11. The Labute approximate surface area is 85.4 Å². The molecule has 0 unspecified atom stereocenters. The van der Waals surface area contributed by atoms with Crippen molar-refractivity contribution >= 4 is 12.6 Å². The van der Waals surface area contributed by atoms with Gasteiger partial charge in [-0.2, -0.15) is 0 Å². The number of aliphatic hydroxyl groups is 1. The van der Waals surface area contributed by atoms with Crippen molar-refractivity contribution in [3.05, 3.63) is 30.1 Å². The molecule has 0 aliphatic heterocycles. The highest BCUT2D eigenvalue weighted by Gasteiger charge is 2.27. The van der Waals surface area contributed by atoms with Crippen LogP contribution in [-0.2, 0) is 9.72 Å². The summed E-state index contributed by atoms with van der Waals surface area (Å²) in [4.78, 5) is 6.06. The van der Waals surface area contributed by atoms with E-state index in [-0.39, 0.29) is 12.1 Å². The first-order chi connectivity index (χ1) is 7.21. The van der Waals surface area contributed by atoms with Gasteiger partial charge in [0.2, 0.25) is 0 Å². The fourth-order valence-corrected chi connectivity index (χ4v) is 0.776. The van der Waals surface area contributed by atoms with Crippen LogP contribution in [0.15, 0.2) is 24.3 Å². The molecular formula is C8H10BF3O3. The lowest BCUT2D eigenvalue weighted by molar-refractivity contribution is -0.100. The number of benzene rings is 1. The third-order valence-corrected chi connectivity index (χ3v) is 1.32. The van der Waals surface area contributed by atoms with Crippen molar-refractivity contribution < 1.29 is 28.3 Å². The van der Waals surface area contributed by atoms with E-state index >= 15 is 0 Å². The molecule has 0 saturated carbocycles. The normalized spacial score (nSPS) is 9.13. The van der Waals surface area contributed by atoms with Crippen LogP contribution in [0.1, 0.15) is 6.92 Å². The van der Waals surface area contributed by atoms with Gasteiger partial charge in [0.05, 0.1) is 0 Å². The minimum Gasteiger partial charge on any atom is -0.397 e. The van der Waals surface area contributed by atoms with E-state index in [2.05, 4.69) is 9.72 Å². The zero-order chi connectivity index (χ0) is 11.7. The Bertz CT molecular complexity index is 271. The predicted molar refractivity (Wildman–Crippen MR) is 48.9 cm³/mol. The molecule has 0 aliphatic rings. The highest BCUT2D eigenvalue weighted by Crippen LogP contribution is 1.99. The molecule has 0 aromatic heterocycles. The lowest BCUT2D eigenvalue weighted by atomic mass is 9.80. The van der Waals surface area contributed by atoms with Gasteiger partial charge >= 0.3 is 7.12 Å². The molecule has 1 aromatic rings. The average molecular weight is 222 g/mol. The molecule has 0 aliphatic carbocycles. The van der Waals surface area contributed by atoms with Crippen molar-refractivity contribution in [3.63, 3.8) is 0 Å². The monoisotopic (exact) mass is 222 g/mol. The molecule has 1 aromatic carbocycles. The second-order valence-electron chi connectivity index (χ2n) is 2.35. The number of halogens is 3. The molecule has 15 heavy (non-hydrogen) atoms. The van der Waals surface area contributed by atoms with E-state index in [0.29, 0.717) is 0 Å². The highest BCUT2D eigenvalue weighted by molar-refractivity contribution is 6.60. The SMILES string of the molecule is CCO.FOB(OF)c1ccccc1F. The van der Waals surface area contributed by atoms with E-state index < -0.39 is 12.9 Å². The van der Waals surface area contributed by atoms with Crippen molar-refractivity contribution in [2.24, 2.45) is 0 Å². The van der Waals surface area contributed by atoms with Crippen molar-refractivity contribution in [1.82, 2.24) is 0 Å². The summed E-state index contributed by atoms with van der Waals surface area (Å²) in [6, 6.07) is 4.98. The van der Waals surface area contributed by atoms with Gasteiger partial charge in [0, 0.05) is 12.1 Å². The molecule has 0 amide bonds. The van der Waals surface area contributed by atoms with Crippen LogP contribution in [0.25, 0.3) is 0 Å². The van der Waals surface area contributed by atoms with Gasteiger partial charge in [-0.15, -0.1) is 0 Å². The third kappa shape index (κ3) is 4.82. The Morgan fingerprint density at radius 3 is 2.13 bits per heavy atom. The molecular weight excluding hydrogens is 212 g/mol. The van der Waals surface area contributed by atoms with Gasteiger partial charge in [-0.05, 0) is 13.0 Å². The topological polar surface area (TPSA) is 38.7 Å². The third-order valence-electron chi connectivity index (χ3n) is 1.32. The summed E-state index contributed by atoms with van der Waals surface area (Å²) in [7, 11) is -1.95. The predicted octanol–water partition coefficient (Wildman–Crippen LogP) is 1.32. The van der Waals surface area contributed by atoms with Gasteiger partial charge in [-0.25, -0.2) is 14.1 Å². The fourth-order valence-electron chi connectivity index (χ4n) is 0.776. The van der Waals surface area contributed by atoms with Crippen LogP contribution in [0.2, 0.25) is 0 Å². The van der Waals surface area contributed by atoms with Gasteiger partial charge in [0.1, 0.15) is 5.82 Å². The lowest BCUT2D eigenvalue weighted by Gasteiger charge is -2.02. The summed E-state index contributed by atoms with van der Waals surface area (Å²) < 4.78 is 35.7. The maximum absolute atomic E-state index is 12.7. The zero-order valence-corrected chi connectivity index (χ0v) is 7.99. The molecule has 0 heterocycles. The van der Waals surface area contributed by atoms with E-state index in [0.717, 1.165) is 12.1 Å². The standard InChI is InChI=1S/C6H4BF3O2.C2H6O/c8-6-4-2-1-3-5(6)7(11-9)12-10;1-2-3/h1-4H;3H,2H2,1H3. The van der Waals surface area contributed by atoms with Crippen LogP contribution in [0.3, 0.4) is 0 Å². The van der Waals surface area contributed by atoms with Crippen LogP contribution in [0.5, 0.6) is 0 Å². The maximum atomic E-state index is 12.7.